The van der Waals surface area contributed by atoms with Crippen LogP contribution in [0.3, 0.4) is 0 Å². The Kier molecular flexibility index (Phi) is 3.33. The number of ether oxygens (including phenoxy) is 2. The molecule has 9 heteroatoms. The Balaban J connectivity index is 1.73. The van der Waals surface area contributed by atoms with E-state index < -0.39 is 6.29 Å². The van der Waals surface area contributed by atoms with E-state index in [0.29, 0.717) is 22.1 Å². The van der Waals surface area contributed by atoms with Crippen LogP contribution >= 0.6 is 23.8 Å². The van der Waals surface area contributed by atoms with Gasteiger partial charge < -0.3 is 9.47 Å². The highest BCUT2D eigenvalue weighted by Gasteiger charge is 2.45. The van der Waals surface area contributed by atoms with Crippen molar-refractivity contribution < 1.29 is 14.3 Å². The first-order chi connectivity index (χ1) is 10.6. The van der Waals surface area contributed by atoms with Crippen molar-refractivity contribution in [2.45, 2.75) is 24.9 Å². The zero-order valence-electron chi connectivity index (χ0n) is 11.3. The highest BCUT2D eigenvalue weighted by molar-refractivity contribution is 7.71. The number of halogens is 1. The summed E-state index contributed by atoms with van der Waals surface area (Å²) in [5.41, 5.74) is 0.715. The Morgan fingerprint density at radius 2 is 2.23 bits per heavy atom. The van der Waals surface area contributed by atoms with Crippen molar-refractivity contribution in [2.75, 3.05) is 6.61 Å². The van der Waals surface area contributed by atoms with Crippen LogP contribution in [0.1, 0.15) is 12.5 Å². The predicted molar refractivity (Wildman–Crippen MR) is 78.5 cm³/mol. The maximum absolute atomic E-state index is 11.9. The van der Waals surface area contributed by atoms with Gasteiger partial charge in [0.15, 0.2) is 5.78 Å². The Bertz CT molecular complexity index is 805. The van der Waals surface area contributed by atoms with Gasteiger partial charge >= 0.3 is 0 Å². The number of hydrogen-bond donors (Lipinski definition) is 0. The molecule has 4 rings (SSSR count). The summed E-state index contributed by atoms with van der Waals surface area (Å²) in [7, 11) is 0. The molecular formula is C13H11ClN4O3S. The molecule has 1 aromatic heterocycles. The second kappa shape index (κ2) is 5.24. The average molecular weight is 339 g/mol. The molecule has 0 saturated carbocycles. The van der Waals surface area contributed by atoms with Gasteiger partial charge in [0.25, 0.3) is 0 Å². The fraction of sp³-hybridized carbons (Fsp3) is 0.385. The quantitative estimate of drug-likeness (QED) is 0.776. The number of fused-ring (bicyclic) bond motifs is 2. The third-order valence-electron chi connectivity index (χ3n) is 3.78. The molecule has 1 aromatic carbocycles. The van der Waals surface area contributed by atoms with Crippen LogP contribution < -0.4 is 0 Å². The molecule has 2 aromatic rings. The standard InChI is InChI=1S/C13H11ClN4O3S/c14-7-2-1-3-8(4-7)17-13(22)18(16-15-17)9-5-10(19)12-20-6-11(9)21-12/h1-4,9,11-12H,5-6H2/t9-,11-,12-/m1/s1. The Labute approximate surface area is 135 Å². The van der Waals surface area contributed by atoms with Gasteiger partial charge in [0.2, 0.25) is 11.1 Å². The van der Waals surface area contributed by atoms with E-state index >= 15 is 0 Å². The fourth-order valence-electron chi connectivity index (χ4n) is 2.70. The van der Waals surface area contributed by atoms with Crippen molar-refractivity contribution in [3.8, 4) is 5.69 Å². The van der Waals surface area contributed by atoms with Gasteiger partial charge in [-0.05, 0) is 40.8 Å². The van der Waals surface area contributed by atoms with Crippen LogP contribution in [0.5, 0.6) is 0 Å². The third-order valence-corrected chi connectivity index (χ3v) is 4.38. The SMILES string of the molecule is O=C1C[C@@H](n2nnn(-c3cccc(Cl)c3)c2=S)[C@H]2CO[C@@H]1O2. The van der Waals surface area contributed by atoms with Gasteiger partial charge in [-0.3, -0.25) is 4.79 Å². The number of aromatic nitrogens is 4. The van der Waals surface area contributed by atoms with Crippen molar-refractivity contribution in [3.05, 3.63) is 34.1 Å². The number of tetrazole rings is 1. The van der Waals surface area contributed by atoms with E-state index in [-0.39, 0.29) is 24.3 Å². The molecule has 0 N–H and O–H groups in total. The molecule has 0 aliphatic carbocycles. The van der Waals surface area contributed by atoms with Crippen molar-refractivity contribution in [2.24, 2.45) is 0 Å². The Morgan fingerprint density at radius 1 is 1.36 bits per heavy atom. The first-order valence-electron chi connectivity index (χ1n) is 6.74. The summed E-state index contributed by atoms with van der Waals surface area (Å²) in [6.45, 7) is 0.354. The number of carbonyl (C=O) groups is 1. The number of nitrogens with zero attached hydrogens (tertiary/aromatic N) is 4. The van der Waals surface area contributed by atoms with Crippen LogP contribution in [0.25, 0.3) is 5.69 Å². The van der Waals surface area contributed by atoms with E-state index in [2.05, 4.69) is 10.4 Å². The van der Waals surface area contributed by atoms with E-state index in [1.165, 1.54) is 4.68 Å². The van der Waals surface area contributed by atoms with Crippen molar-refractivity contribution in [1.29, 1.82) is 0 Å². The van der Waals surface area contributed by atoms with Gasteiger partial charge in [-0.2, -0.15) is 4.68 Å². The molecule has 0 spiro atoms. The molecule has 2 fully saturated rings. The molecule has 2 bridgehead atoms. The number of ketones is 1. The smallest absolute Gasteiger partial charge is 0.221 e. The van der Waals surface area contributed by atoms with Gasteiger partial charge in [-0.25, -0.2) is 4.68 Å². The zero-order chi connectivity index (χ0) is 15.3. The summed E-state index contributed by atoms with van der Waals surface area (Å²) >= 11 is 11.4. The number of carbonyl (C=O) groups excluding carboxylic acids is 1. The molecule has 0 radical (unpaired) electrons. The predicted octanol–water partition coefficient (Wildman–Crippen LogP) is 1.71. The molecule has 7 nitrogen and oxygen atoms in total. The van der Waals surface area contributed by atoms with Crippen LogP contribution in [0.15, 0.2) is 24.3 Å². The molecule has 22 heavy (non-hydrogen) atoms. The second-order valence-corrected chi connectivity index (χ2v) is 5.98. The monoisotopic (exact) mass is 338 g/mol. The van der Waals surface area contributed by atoms with Crippen molar-refractivity contribution in [3.63, 3.8) is 0 Å². The van der Waals surface area contributed by atoms with E-state index in [4.69, 9.17) is 33.3 Å². The molecule has 2 aliphatic rings. The second-order valence-electron chi connectivity index (χ2n) is 5.18. The van der Waals surface area contributed by atoms with E-state index in [1.54, 1.807) is 22.9 Å². The summed E-state index contributed by atoms with van der Waals surface area (Å²) in [4.78, 5) is 11.9. The van der Waals surface area contributed by atoms with Crippen molar-refractivity contribution >= 4 is 29.6 Å². The fourth-order valence-corrected chi connectivity index (χ4v) is 3.20. The number of Topliss-reactive ketones (excluding diaryl/α,β-unsaturated/α-hetero) is 1. The number of rotatable bonds is 2. The van der Waals surface area contributed by atoms with E-state index in [1.807, 2.05) is 6.07 Å². The van der Waals surface area contributed by atoms with Gasteiger partial charge in [-0.1, -0.05) is 17.7 Å². The lowest BCUT2D eigenvalue weighted by atomic mass is 10.0. The highest BCUT2D eigenvalue weighted by atomic mass is 35.5. The summed E-state index contributed by atoms with van der Waals surface area (Å²) in [6.07, 6.45) is -0.699. The van der Waals surface area contributed by atoms with E-state index in [9.17, 15) is 4.79 Å². The normalized spacial score (nSPS) is 27.3. The number of hydrogen-bond acceptors (Lipinski definition) is 6. The molecule has 3 heterocycles. The minimum absolute atomic E-state index is 0.0991. The highest BCUT2D eigenvalue weighted by Crippen LogP contribution is 2.32. The lowest BCUT2D eigenvalue weighted by molar-refractivity contribution is -0.156. The summed E-state index contributed by atoms with van der Waals surface area (Å²) in [5.74, 6) is -0.0991. The minimum Gasteiger partial charge on any atom is -0.343 e. The lowest BCUT2D eigenvalue weighted by Gasteiger charge is -2.25. The van der Waals surface area contributed by atoms with Gasteiger partial charge in [-0.15, -0.1) is 0 Å². The van der Waals surface area contributed by atoms with Crippen LogP contribution in [0.2, 0.25) is 5.02 Å². The largest absolute Gasteiger partial charge is 0.343 e. The summed E-state index contributed by atoms with van der Waals surface area (Å²) in [5, 5.41) is 8.74. The molecule has 3 atom stereocenters. The summed E-state index contributed by atoms with van der Waals surface area (Å²) < 4.78 is 14.3. The first-order valence-corrected chi connectivity index (χ1v) is 7.52. The first kappa shape index (κ1) is 14.0. The minimum atomic E-state index is -0.738. The molecule has 114 valence electrons. The molecule has 2 aliphatic heterocycles. The lowest BCUT2D eigenvalue weighted by Crippen LogP contribution is -2.37. The van der Waals surface area contributed by atoms with Crippen molar-refractivity contribution in [1.82, 2.24) is 19.8 Å². The molecule has 2 saturated heterocycles. The van der Waals surface area contributed by atoms with Crippen LogP contribution in [0, 0.1) is 4.77 Å². The maximum atomic E-state index is 11.9. The third kappa shape index (κ3) is 2.19. The Morgan fingerprint density at radius 3 is 3.05 bits per heavy atom. The molecular weight excluding hydrogens is 328 g/mol. The summed E-state index contributed by atoms with van der Waals surface area (Å²) in [6, 6.07) is 6.85. The zero-order valence-corrected chi connectivity index (χ0v) is 12.8. The Hall–Kier alpha value is -1.61. The molecule has 0 unspecified atom stereocenters. The van der Waals surface area contributed by atoms with Crippen LogP contribution in [0.4, 0.5) is 0 Å². The average Bonchev–Trinajstić information content (AvgIpc) is 3.09. The van der Waals surface area contributed by atoms with Crippen LogP contribution in [-0.4, -0.2) is 44.6 Å². The van der Waals surface area contributed by atoms with Gasteiger partial charge in [0.1, 0.15) is 6.10 Å². The number of benzene rings is 1. The van der Waals surface area contributed by atoms with Gasteiger partial charge in [0, 0.05) is 11.4 Å². The van der Waals surface area contributed by atoms with Gasteiger partial charge in [0.05, 0.1) is 18.3 Å². The topological polar surface area (TPSA) is 71.2 Å². The van der Waals surface area contributed by atoms with Crippen LogP contribution in [-0.2, 0) is 14.3 Å². The van der Waals surface area contributed by atoms with E-state index in [0.717, 1.165) is 0 Å². The maximum Gasteiger partial charge on any atom is 0.221 e. The molecule has 0 amide bonds.